The van der Waals surface area contributed by atoms with Gasteiger partial charge < -0.3 is 10.2 Å². The van der Waals surface area contributed by atoms with Crippen LogP contribution in [0.25, 0.3) is 0 Å². The molecule has 2 aromatic rings. The average molecular weight is 446 g/mol. The number of carbonyl (C=O) groups excluding carboxylic acids is 4. The first-order valence-corrected chi connectivity index (χ1v) is 9.71. The highest BCUT2D eigenvalue weighted by atomic mass is 19.4. The third kappa shape index (κ3) is 4.05. The third-order valence-electron chi connectivity index (χ3n) is 5.37. The van der Waals surface area contributed by atoms with E-state index < -0.39 is 41.9 Å². The van der Waals surface area contributed by atoms with Crippen molar-refractivity contribution in [3.8, 4) is 0 Å². The number of nitrogens with one attached hydrogen (secondary N) is 2. The van der Waals surface area contributed by atoms with E-state index in [1.54, 1.807) is 0 Å². The number of benzene rings is 1. The van der Waals surface area contributed by atoms with Crippen molar-refractivity contribution in [3.63, 3.8) is 0 Å². The Morgan fingerprint density at radius 3 is 2.62 bits per heavy atom. The van der Waals surface area contributed by atoms with Crippen LogP contribution in [0.1, 0.15) is 50.9 Å². The Kier molecular flexibility index (Phi) is 5.41. The number of alkyl halides is 3. The van der Waals surface area contributed by atoms with Crippen molar-refractivity contribution < 1.29 is 32.3 Å². The molecule has 0 bridgehead atoms. The predicted octanol–water partition coefficient (Wildman–Crippen LogP) is 1.88. The number of hydrogen-bond donors (Lipinski definition) is 2. The summed E-state index contributed by atoms with van der Waals surface area (Å²) in [5, 5.41) is 4.14. The summed E-state index contributed by atoms with van der Waals surface area (Å²) in [6.45, 7) is 0.00447. The minimum absolute atomic E-state index is 0.00447. The Hall–Kier alpha value is -3.76. The minimum Gasteiger partial charge on any atom is -0.335 e. The summed E-state index contributed by atoms with van der Waals surface area (Å²) in [7, 11) is 0. The second-order valence-corrected chi connectivity index (χ2v) is 7.47. The molecule has 8 nitrogen and oxygen atoms in total. The van der Waals surface area contributed by atoms with Gasteiger partial charge in [0.1, 0.15) is 6.04 Å². The van der Waals surface area contributed by atoms with E-state index in [2.05, 4.69) is 10.3 Å². The van der Waals surface area contributed by atoms with Gasteiger partial charge in [-0.2, -0.15) is 13.2 Å². The summed E-state index contributed by atoms with van der Waals surface area (Å²) in [4.78, 5) is 53.7. The lowest BCUT2D eigenvalue weighted by atomic mass is 10.0. The van der Waals surface area contributed by atoms with Crippen LogP contribution in [0.5, 0.6) is 0 Å². The first-order chi connectivity index (χ1) is 15.1. The van der Waals surface area contributed by atoms with Gasteiger partial charge in [-0.15, -0.1) is 0 Å². The van der Waals surface area contributed by atoms with E-state index in [1.165, 1.54) is 41.4 Å². The number of amides is 4. The van der Waals surface area contributed by atoms with Crippen LogP contribution in [0.3, 0.4) is 0 Å². The molecule has 32 heavy (non-hydrogen) atoms. The van der Waals surface area contributed by atoms with Crippen molar-refractivity contribution in [3.05, 3.63) is 65.0 Å². The second-order valence-electron chi connectivity index (χ2n) is 7.47. The Bertz CT molecular complexity index is 1100. The van der Waals surface area contributed by atoms with Crippen LogP contribution in [0, 0.1) is 0 Å². The van der Waals surface area contributed by atoms with Crippen molar-refractivity contribution in [2.45, 2.75) is 37.6 Å². The largest absolute Gasteiger partial charge is 0.414 e. The highest BCUT2D eigenvalue weighted by Gasteiger charge is 2.43. The molecule has 2 atom stereocenters. The summed E-state index contributed by atoms with van der Waals surface area (Å²) < 4.78 is 40.5. The van der Waals surface area contributed by atoms with E-state index in [0.717, 1.165) is 6.07 Å². The fourth-order valence-corrected chi connectivity index (χ4v) is 3.80. The molecular formula is C21H17F3N4O4. The van der Waals surface area contributed by atoms with Crippen molar-refractivity contribution >= 4 is 23.6 Å². The molecule has 4 amide bonds. The number of fused-ring (bicyclic) bond motifs is 1. The van der Waals surface area contributed by atoms with E-state index in [-0.39, 0.29) is 36.2 Å². The minimum atomic E-state index is -4.76. The topological polar surface area (TPSA) is 108 Å². The standard InChI is InChI=1S/C21H17F3N4O4/c22-21(23,24)17(14-3-1-2-8-25-14)27-18(30)11-4-5-13-12(9-11)10-28(20(13)32)15-6-7-16(29)26-19(15)31/h1-5,8-9,15,17H,6-7,10H2,(H,27,30)(H,26,29,31). The molecule has 0 aliphatic carbocycles. The van der Waals surface area contributed by atoms with Crippen LogP contribution in [0.2, 0.25) is 0 Å². The highest BCUT2D eigenvalue weighted by molar-refractivity contribution is 6.06. The average Bonchev–Trinajstić information content (AvgIpc) is 3.07. The van der Waals surface area contributed by atoms with Gasteiger partial charge in [0.15, 0.2) is 6.04 Å². The highest BCUT2D eigenvalue weighted by Crippen LogP contribution is 2.32. The molecule has 0 radical (unpaired) electrons. The lowest BCUT2D eigenvalue weighted by molar-refractivity contribution is -0.156. The predicted molar refractivity (Wildman–Crippen MR) is 103 cm³/mol. The molecule has 0 saturated carbocycles. The van der Waals surface area contributed by atoms with E-state index in [9.17, 15) is 32.3 Å². The molecule has 1 aromatic heterocycles. The van der Waals surface area contributed by atoms with Crippen molar-refractivity contribution in [2.75, 3.05) is 0 Å². The van der Waals surface area contributed by atoms with E-state index in [4.69, 9.17) is 0 Å². The molecule has 1 saturated heterocycles. The molecule has 11 heteroatoms. The van der Waals surface area contributed by atoms with Gasteiger partial charge >= 0.3 is 6.18 Å². The van der Waals surface area contributed by atoms with Gasteiger partial charge in [-0.05, 0) is 42.3 Å². The molecule has 2 aliphatic heterocycles. The number of rotatable bonds is 4. The van der Waals surface area contributed by atoms with Crippen LogP contribution >= 0.6 is 0 Å². The molecule has 0 spiro atoms. The second kappa shape index (κ2) is 8.06. The lowest BCUT2D eigenvalue weighted by Crippen LogP contribution is -2.52. The van der Waals surface area contributed by atoms with Gasteiger partial charge in [-0.25, -0.2) is 0 Å². The fourth-order valence-electron chi connectivity index (χ4n) is 3.80. The van der Waals surface area contributed by atoms with Crippen LogP contribution in [-0.2, 0) is 16.1 Å². The smallest absolute Gasteiger partial charge is 0.335 e. The number of carbonyl (C=O) groups is 4. The molecule has 166 valence electrons. The summed E-state index contributed by atoms with van der Waals surface area (Å²) >= 11 is 0. The monoisotopic (exact) mass is 446 g/mol. The zero-order valence-corrected chi connectivity index (χ0v) is 16.5. The van der Waals surface area contributed by atoms with Gasteiger partial charge in [0.2, 0.25) is 11.8 Å². The molecule has 3 heterocycles. The first kappa shape index (κ1) is 21.5. The van der Waals surface area contributed by atoms with Crippen LogP contribution < -0.4 is 10.6 Å². The Morgan fingerprint density at radius 2 is 1.97 bits per heavy atom. The third-order valence-corrected chi connectivity index (χ3v) is 5.37. The first-order valence-electron chi connectivity index (χ1n) is 9.71. The molecular weight excluding hydrogens is 429 g/mol. The maximum Gasteiger partial charge on any atom is 0.414 e. The van der Waals surface area contributed by atoms with Crippen molar-refractivity contribution in [2.24, 2.45) is 0 Å². The number of imide groups is 1. The number of hydrogen-bond acceptors (Lipinski definition) is 5. The van der Waals surface area contributed by atoms with E-state index >= 15 is 0 Å². The van der Waals surface area contributed by atoms with Gasteiger partial charge in [0, 0.05) is 30.3 Å². The summed E-state index contributed by atoms with van der Waals surface area (Å²) in [5.74, 6) is -2.42. The summed E-state index contributed by atoms with van der Waals surface area (Å²) in [6, 6.07) is 4.82. The number of halogens is 3. The van der Waals surface area contributed by atoms with Crippen LogP contribution in [0.4, 0.5) is 13.2 Å². The van der Waals surface area contributed by atoms with E-state index in [1.807, 2.05) is 5.32 Å². The maximum atomic E-state index is 13.5. The molecule has 1 fully saturated rings. The Labute approximate surface area is 179 Å². The lowest BCUT2D eigenvalue weighted by Gasteiger charge is -2.29. The van der Waals surface area contributed by atoms with Gasteiger partial charge in [-0.3, -0.25) is 29.5 Å². The number of aromatic nitrogens is 1. The number of nitrogens with zero attached hydrogens (tertiary/aromatic N) is 2. The van der Waals surface area contributed by atoms with Gasteiger partial charge in [0.05, 0.1) is 5.69 Å². The summed E-state index contributed by atoms with van der Waals surface area (Å²) in [5.41, 5.74) is 0.248. The normalized spacial score (nSPS) is 19.4. The Balaban J connectivity index is 1.54. The maximum absolute atomic E-state index is 13.5. The summed E-state index contributed by atoms with van der Waals surface area (Å²) in [6.07, 6.45) is -3.30. The molecule has 4 rings (SSSR count). The molecule has 2 unspecified atom stereocenters. The van der Waals surface area contributed by atoms with Crippen molar-refractivity contribution in [1.29, 1.82) is 0 Å². The van der Waals surface area contributed by atoms with Crippen LogP contribution in [-0.4, -0.2) is 45.7 Å². The Morgan fingerprint density at radius 1 is 1.19 bits per heavy atom. The van der Waals surface area contributed by atoms with E-state index in [0.29, 0.717) is 5.56 Å². The zero-order valence-electron chi connectivity index (χ0n) is 16.5. The fraction of sp³-hybridized carbons (Fsp3) is 0.286. The van der Waals surface area contributed by atoms with Gasteiger partial charge in [-0.1, -0.05) is 6.07 Å². The SMILES string of the molecule is O=C1CCC(N2Cc3cc(C(=O)NC(c4ccccn4)C(F)(F)F)ccc3C2=O)C(=O)N1. The van der Waals surface area contributed by atoms with Gasteiger partial charge in [0.25, 0.3) is 11.8 Å². The number of pyridine rings is 1. The molecule has 2 N–H and O–H groups in total. The number of piperidine rings is 1. The molecule has 1 aromatic carbocycles. The quantitative estimate of drug-likeness (QED) is 0.698. The van der Waals surface area contributed by atoms with Crippen LogP contribution in [0.15, 0.2) is 42.6 Å². The molecule has 2 aliphatic rings. The zero-order chi connectivity index (χ0) is 23.0. The van der Waals surface area contributed by atoms with Crippen molar-refractivity contribution in [1.82, 2.24) is 20.5 Å².